The molecule has 0 spiro atoms. The van der Waals surface area contributed by atoms with Gasteiger partial charge in [-0.05, 0) is 46.8 Å². The number of halogens is 1. The maximum atomic E-state index is 6.45. The molecule has 4 aromatic rings. The van der Waals surface area contributed by atoms with Crippen molar-refractivity contribution >= 4 is 47.7 Å². The third-order valence-corrected chi connectivity index (χ3v) is 6.79. The number of anilines is 1. The summed E-state index contributed by atoms with van der Waals surface area (Å²) in [5.74, 6) is 0.972. The van der Waals surface area contributed by atoms with E-state index in [-0.39, 0.29) is 0 Å². The molecule has 0 amide bonds. The minimum atomic E-state index is 0.415. The Morgan fingerprint density at radius 3 is 2.80 bits per heavy atom. The zero-order valence-corrected chi connectivity index (χ0v) is 18.5. The van der Waals surface area contributed by atoms with Crippen LogP contribution in [0, 0.1) is 0 Å². The summed E-state index contributed by atoms with van der Waals surface area (Å²) in [4.78, 5) is 7.38. The van der Waals surface area contributed by atoms with Crippen molar-refractivity contribution < 1.29 is 0 Å². The van der Waals surface area contributed by atoms with Crippen LogP contribution >= 0.6 is 22.9 Å². The summed E-state index contributed by atoms with van der Waals surface area (Å²) in [7, 11) is 2.04. The van der Waals surface area contributed by atoms with Crippen molar-refractivity contribution in [2.45, 2.75) is 25.4 Å². The van der Waals surface area contributed by atoms with Crippen LogP contribution in [0.1, 0.15) is 18.4 Å². The molecule has 8 heteroatoms. The molecule has 0 radical (unpaired) electrons. The van der Waals surface area contributed by atoms with Crippen LogP contribution in [0.2, 0.25) is 5.02 Å². The van der Waals surface area contributed by atoms with Crippen LogP contribution in [-0.4, -0.2) is 46.5 Å². The quantitative estimate of drug-likeness (QED) is 0.488. The number of nitrogens with zero attached hydrogens (tertiary/aromatic N) is 4. The van der Waals surface area contributed by atoms with Gasteiger partial charge < -0.3 is 5.32 Å². The fourth-order valence-corrected chi connectivity index (χ4v) is 4.96. The molecular weight excluding hydrogens is 413 g/mol. The van der Waals surface area contributed by atoms with Crippen LogP contribution in [0.15, 0.2) is 53.4 Å². The van der Waals surface area contributed by atoms with Crippen molar-refractivity contribution in [3.05, 3.63) is 63.9 Å². The molecule has 152 valence electrons. The highest BCUT2D eigenvalue weighted by atomic mass is 35.5. The lowest BCUT2D eigenvalue weighted by molar-refractivity contribution is 0.211. The van der Waals surface area contributed by atoms with Gasteiger partial charge in [-0.2, -0.15) is 21.0 Å². The predicted octanol–water partition coefficient (Wildman–Crippen LogP) is 3.45. The third-order valence-electron chi connectivity index (χ3n) is 5.72. The highest BCUT2D eigenvalue weighted by molar-refractivity contribution is 7.07. The van der Waals surface area contributed by atoms with E-state index in [9.17, 15) is 0 Å². The highest BCUT2D eigenvalue weighted by Crippen LogP contribution is 2.29. The monoisotopic (exact) mass is 435 g/mol. The number of benzene rings is 1. The zero-order chi connectivity index (χ0) is 20.5. The van der Waals surface area contributed by atoms with Crippen LogP contribution in [-0.2, 0) is 6.54 Å². The minimum absolute atomic E-state index is 0.415. The van der Waals surface area contributed by atoms with Crippen LogP contribution in [0.5, 0.6) is 0 Å². The van der Waals surface area contributed by atoms with Gasteiger partial charge in [-0.1, -0.05) is 29.8 Å². The van der Waals surface area contributed by atoms with Crippen molar-refractivity contribution in [1.29, 1.82) is 0 Å². The average Bonchev–Trinajstić information content (AvgIpc) is 3.40. The molecule has 0 bridgehead atoms. The van der Waals surface area contributed by atoms with Crippen molar-refractivity contribution in [3.63, 3.8) is 0 Å². The van der Waals surface area contributed by atoms with E-state index in [2.05, 4.69) is 38.2 Å². The smallest absolute Gasteiger partial charge is 0.151 e. The van der Waals surface area contributed by atoms with E-state index >= 15 is 0 Å². The van der Waals surface area contributed by atoms with Crippen LogP contribution in [0.4, 0.5) is 5.82 Å². The molecule has 30 heavy (non-hydrogen) atoms. The normalized spacial score (nSPS) is 15.6. The van der Waals surface area contributed by atoms with Crippen molar-refractivity contribution in [1.82, 2.24) is 19.5 Å². The molecule has 1 fully saturated rings. The van der Waals surface area contributed by atoms with E-state index < -0.39 is 0 Å². The lowest BCUT2D eigenvalue weighted by Crippen LogP contribution is -2.39. The van der Waals surface area contributed by atoms with Crippen LogP contribution < -0.4 is 10.8 Å². The molecule has 1 aliphatic heterocycles. The summed E-state index contributed by atoms with van der Waals surface area (Å²) in [5.41, 5.74) is 5.14. The number of fused-ring (bicyclic) bond motifs is 1. The molecule has 1 saturated heterocycles. The summed E-state index contributed by atoms with van der Waals surface area (Å²) in [6, 6.07) is 12.6. The Balaban J connectivity index is 1.37. The molecule has 1 aliphatic rings. The lowest BCUT2D eigenvalue weighted by Gasteiger charge is -2.32. The number of hydrogen-bond acceptors (Lipinski definition) is 5. The predicted molar refractivity (Wildman–Crippen MR) is 128 cm³/mol. The number of piperidine rings is 1. The Bertz CT molecular complexity index is 1150. The fraction of sp³-hybridized carbons (Fsp3) is 0.273. The number of hydrogen-bond donors (Lipinski definition) is 1. The average molecular weight is 436 g/mol. The largest absolute Gasteiger partial charge is 0.367 e. The topological polar surface area (TPSA) is 45.5 Å². The zero-order valence-electron chi connectivity index (χ0n) is 16.9. The van der Waals surface area contributed by atoms with E-state index in [0.29, 0.717) is 11.1 Å². The molecule has 5 rings (SSSR count). The molecule has 0 atom stereocenters. The van der Waals surface area contributed by atoms with Gasteiger partial charge >= 0.3 is 0 Å². The number of aromatic nitrogens is 3. The molecule has 0 aliphatic carbocycles. The Kier molecular flexibility index (Phi) is 5.50. The molecule has 3 aromatic heterocycles. The molecule has 0 unspecified atom stereocenters. The van der Waals surface area contributed by atoms with Gasteiger partial charge in [-0.3, -0.25) is 4.90 Å². The third kappa shape index (κ3) is 3.97. The van der Waals surface area contributed by atoms with Crippen LogP contribution in [0.3, 0.4) is 0 Å². The number of thiophene rings is 1. The minimum Gasteiger partial charge on any atom is -0.367 e. The van der Waals surface area contributed by atoms with E-state index in [0.717, 1.165) is 60.7 Å². The maximum absolute atomic E-state index is 6.45. The fourth-order valence-electron chi connectivity index (χ4n) is 4.07. The summed E-state index contributed by atoms with van der Waals surface area (Å²) in [6.07, 6.45) is 4.08. The van der Waals surface area contributed by atoms with Crippen molar-refractivity contribution in [2.75, 3.05) is 18.4 Å². The van der Waals surface area contributed by atoms with Gasteiger partial charge in [-0.25, -0.2) is 4.98 Å². The summed E-state index contributed by atoms with van der Waals surface area (Å²) in [5, 5.41) is 13.4. The Hall–Kier alpha value is -2.35. The molecule has 1 N–H and O–H groups in total. The van der Waals surface area contributed by atoms with Gasteiger partial charge in [0.15, 0.2) is 5.65 Å². The van der Waals surface area contributed by atoms with E-state index in [4.69, 9.17) is 16.6 Å². The number of rotatable bonds is 5. The van der Waals surface area contributed by atoms with Crippen molar-refractivity contribution in [2.24, 2.45) is 0 Å². The molecule has 4 heterocycles. The van der Waals surface area contributed by atoms with E-state index in [1.54, 1.807) is 11.3 Å². The standard InChI is InChI=1S/C22H23BClN5S/c23-18-12-25-29-21(11-20(27-22(18)29)17-3-1-2-4-19(17)24)26-16-5-8-28(9-6-16)13-15-7-10-30-14-15/h1-4,7,10-12,14,16,26H,5-6,8-9,13,23H2. The molecular formula is C22H23BClN5S. The second kappa shape index (κ2) is 8.42. The number of likely N-dealkylation sites (tertiary alicyclic amines) is 1. The lowest BCUT2D eigenvalue weighted by atomic mass is 10.0. The summed E-state index contributed by atoms with van der Waals surface area (Å²) >= 11 is 8.22. The van der Waals surface area contributed by atoms with Gasteiger partial charge in [0.1, 0.15) is 13.7 Å². The molecule has 5 nitrogen and oxygen atoms in total. The van der Waals surface area contributed by atoms with Gasteiger partial charge in [0, 0.05) is 48.5 Å². The first kappa shape index (κ1) is 19.6. The first-order valence-electron chi connectivity index (χ1n) is 10.3. The van der Waals surface area contributed by atoms with Gasteiger partial charge in [0.05, 0.1) is 5.69 Å². The first-order chi connectivity index (χ1) is 14.7. The van der Waals surface area contributed by atoms with E-state index in [1.807, 2.05) is 42.8 Å². The van der Waals surface area contributed by atoms with Gasteiger partial charge in [-0.15, -0.1) is 0 Å². The molecule has 1 aromatic carbocycles. The Morgan fingerprint density at radius 2 is 2.03 bits per heavy atom. The Morgan fingerprint density at radius 1 is 1.20 bits per heavy atom. The SMILES string of the molecule is Bc1cnn2c(NC3CCN(Cc4ccsc4)CC3)cc(-c3ccccc3Cl)nc12. The van der Waals surface area contributed by atoms with Gasteiger partial charge in [0.2, 0.25) is 0 Å². The Labute approximate surface area is 186 Å². The summed E-state index contributed by atoms with van der Waals surface area (Å²) in [6.45, 7) is 3.24. The van der Waals surface area contributed by atoms with Crippen LogP contribution in [0.25, 0.3) is 16.9 Å². The highest BCUT2D eigenvalue weighted by Gasteiger charge is 2.21. The first-order valence-corrected chi connectivity index (χ1v) is 11.6. The van der Waals surface area contributed by atoms with Crippen molar-refractivity contribution in [3.8, 4) is 11.3 Å². The number of nitrogens with one attached hydrogen (secondary N) is 1. The summed E-state index contributed by atoms with van der Waals surface area (Å²) < 4.78 is 1.91. The van der Waals surface area contributed by atoms with E-state index in [1.165, 1.54) is 5.56 Å². The second-order valence-electron chi connectivity index (χ2n) is 7.90. The molecule has 0 saturated carbocycles. The maximum Gasteiger partial charge on any atom is 0.151 e. The van der Waals surface area contributed by atoms with Gasteiger partial charge in [0.25, 0.3) is 0 Å². The second-order valence-corrected chi connectivity index (χ2v) is 9.08.